The minimum atomic E-state index is -0.0499. The molecule has 2 aromatic rings. The molecule has 7 nitrogen and oxygen atoms in total. The Bertz CT molecular complexity index is 753. The summed E-state index contributed by atoms with van der Waals surface area (Å²) in [5, 5.41) is 7.75. The molecule has 1 aromatic carbocycles. The van der Waals surface area contributed by atoms with Crippen LogP contribution >= 0.6 is 0 Å². The second-order valence-electron chi connectivity index (χ2n) is 6.15. The van der Waals surface area contributed by atoms with Gasteiger partial charge in [0.05, 0.1) is 13.0 Å². The number of ether oxygens (including phenoxy) is 3. The van der Waals surface area contributed by atoms with Crippen LogP contribution in [0.1, 0.15) is 18.4 Å². The molecule has 0 saturated carbocycles. The van der Waals surface area contributed by atoms with Crippen LogP contribution in [0.5, 0.6) is 17.4 Å². The molecule has 0 radical (unpaired) electrons. The van der Waals surface area contributed by atoms with Gasteiger partial charge in [-0.2, -0.15) is 5.10 Å². The van der Waals surface area contributed by atoms with E-state index in [9.17, 15) is 4.79 Å². The van der Waals surface area contributed by atoms with Gasteiger partial charge >= 0.3 is 0 Å². The van der Waals surface area contributed by atoms with Crippen LogP contribution in [-0.2, 0) is 11.2 Å². The van der Waals surface area contributed by atoms with Gasteiger partial charge in [0.25, 0.3) is 0 Å². The highest BCUT2D eigenvalue weighted by molar-refractivity contribution is 5.79. The van der Waals surface area contributed by atoms with Crippen LogP contribution in [0.2, 0.25) is 0 Å². The van der Waals surface area contributed by atoms with Gasteiger partial charge in [-0.15, -0.1) is 5.10 Å². The number of piperidine rings is 1. The largest absolute Gasteiger partial charge is 0.471 e. The van der Waals surface area contributed by atoms with Crippen molar-refractivity contribution < 1.29 is 19.0 Å². The molecule has 2 aliphatic rings. The second kappa shape index (κ2) is 6.96. The van der Waals surface area contributed by atoms with Gasteiger partial charge < -0.3 is 19.1 Å². The summed E-state index contributed by atoms with van der Waals surface area (Å²) in [5.74, 6) is 2.02. The number of benzene rings is 1. The van der Waals surface area contributed by atoms with E-state index in [2.05, 4.69) is 10.2 Å². The minimum Gasteiger partial charge on any atom is -0.471 e. The lowest BCUT2D eigenvalue weighted by Gasteiger charge is -2.32. The molecule has 7 heteroatoms. The molecule has 1 amide bonds. The van der Waals surface area contributed by atoms with Crippen molar-refractivity contribution in [3.63, 3.8) is 0 Å². The van der Waals surface area contributed by atoms with Crippen molar-refractivity contribution in [2.45, 2.75) is 25.4 Å². The van der Waals surface area contributed by atoms with E-state index in [1.54, 1.807) is 18.3 Å². The molecule has 130 valence electrons. The Morgan fingerprint density at radius 3 is 3.08 bits per heavy atom. The Labute approximate surface area is 145 Å². The van der Waals surface area contributed by atoms with Crippen molar-refractivity contribution in [2.24, 2.45) is 0 Å². The molecule has 1 unspecified atom stereocenters. The summed E-state index contributed by atoms with van der Waals surface area (Å²) in [4.78, 5) is 14.5. The molecule has 0 N–H and O–H groups in total. The number of aromatic nitrogens is 2. The summed E-state index contributed by atoms with van der Waals surface area (Å²) in [7, 11) is 0. The van der Waals surface area contributed by atoms with E-state index in [0.717, 1.165) is 30.7 Å². The van der Waals surface area contributed by atoms with Gasteiger partial charge in [-0.25, -0.2) is 0 Å². The lowest BCUT2D eigenvalue weighted by atomic mass is 10.1. The van der Waals surface area contributed by atoms with Gasteiger partial charge in [-0.1, -0.05) is 6.07 Å². The maximum atomic E-state index is 12.6. The van der Waals surface area contributed by atoms with Gasteiger partial charge in [0, 0.05) is 18.8 Å². The average molecular weight is 341 g/mol. The first-order valence-electron chi connectivity index (χ1n) is 8.38. The number of hydrogen-bond donors (Lipinski definition) is 0. The van der Waals surface area contributed by atoms with Crippen molar-refractivity contribution in [2.75, 3.05) is 19.9 Å². The third kappa shape index (κ3) is 3.65. The van der Waals surface area contributed by atoms with Gasteiger partial charge in [0.1, 0.15) is 6.10 Å². The van der Waals surface area contributed by atoms with Crippen molar-refractivity contribution >= 4 is 5.91 Å². The van der Waals surface area contributed by atoms with E-state index in [1.807, 2.05) is 23.1 Å². The van der Waals surface area contributed by atoms with Crippen LogP contribution in [-0.4, -0.2) is 47.0 Å². The van der Waals surface area contributed by atoms with E-state index >= 15 is 0 Å². The Kier molecular flexibility index (Phi) is 4.37. The molecular weight excluding hydrogens is 322 g/mol. The zero-order chi connectivity index (χ0) is 17.1. The van der Waals surface area contributed by atoms with Gasteiger partial charge in [-0.3, -0.25) is 4.79 Å². The average Bonchev–Trinajstić information content (AvgIpc) is 3.10. The smallest absolute Gasteiger partial charge is 0.233 e. The number of fused-ring (bicyclic) bond motifs is 1. The molecule has 2 aliphatic heterocycles. The standard InChI is InChI=1S/C18H19N3O4/c22-18(10-13-5-6-15-16(9-13)24-12-23-15)21-8-2-3-14(11-21)25-17-4-1-7-19-20-17/h1,4-7,9,14H,2-3,8,10-12H2. The normalized spacial score (nSPS) is 18.9. The van der Waals surface area contributed by atoms with Crippen molar-refractivity contribution in [3.05, 3.63) is 42.1 Å². The zero-order valence-electron chi connectivity index (χ0n) is 13.8. The van der Waals surface area contributed by atoms with E-state index in [-0.39, 0.29) is 18.8 Å². The number of rotatable bonds is 4. The molecule has 0 spiro atoms. The monoisotopic (exact) mass is 341 g/mol. The molecule has 4 rings (SSSR count). The van der Waals surface area contributed by atoms with E-state index in [1.165, 1.54) is 0 Å². The first-order valence-corrected chi connectivity index (χ1v) is 8.38. The molecule has 1 saturated heterocycles. The fourth-order valence-electron chi connectivity index (χ4n) is 3.12. The molecule has 3 heterocycles. The number of hydrogen-bond acceptors (Lipinski definition) is 6. The van der Waals surface area contributed by atoms with Crippen molar-refractivity contribution in [3.8, 4) is 17.4 Å². The van der Waals surface area contributed by atoms with Crippen LogP contribution in [0.25, 0.3) is 0 Å². The lowest BCUT2D eigenvalue weighted by Crippen LogP contribution is -2.45. The molecule has 1 aromatic heterocycles. The minimum absolute atomic E-state index is 0.0499. The Hall–Kier alpha value is -2.83. The van der Waals surface area contributed by atoms with E-state index in [0.29, 0.717) is 24.6 Å². The summed E-state index contributed by atoms with van der Waals surface area (Å²) >= 11 is 0. The lowest BCUT2D eigenvalue weighted by molar-refractivity contribution is -0.133. The Morgan fingerprint density at radius 1 is 1.28 bits per heavy atom. The molecular formula is C18H19N3O4. The SMILES string of the molecule is O=C(Cc1ccc2c(c1)OCO2)N1CCCC(Oc2cccnn2)C1. The maximum absolute atomic E-state index is 12.6. The fraction of sp³-hybridized carbons (Fsp3) is 0.389. The van der Waals surface area contributed by atoms with Gasteiger partial charge in [0.15, 0.2) is 11.5 Å². The summed E-state index contributed by atoms with van der Waals surface area (Å²) in [6, 6.07) is 9.19. The van der Waals surface area contributed by atoms with Crippen LogP contribution in [0.3, 0.4) is 0 Å². The van der Waals surface area contributed by atoms with Crippen LogP contribution in [0.15, 0.2) is 36.5 Å². The maximum Gasteiger partial charge on any atom is 0.233 e. The molecule has 25 heavy (non-hydrogen) atoms. The third-order valence-electron chi connectivity index (χ3n) is 4.36. The second-order valence-corrected chi connectivity index (χ2v) is 6.15. The van der Waals surface area contributed by atoms with E-state index in [4.69, 9.17) is 14.2 Å². The van der Waals surface area contributed by atoms with Crippen LogP contribution in [0.4, 0.5) is 0 Å². The number of carbonyl (C=O) groups is 1. The molecule has 0 aliphatic carbocycles. The van der Waals surface area contributed by atoms with Crippen molar-refractivity contribution in [1.29, 1.82) is 0 Å². The molecule has 1 atom stereocenters. The predicted molar refractivity (Wildman–Crippen MR) is 88.5 cm³/mol. The summed E-state index contributed by atoms with van der Waals surface area (Å²) in [6.45, 7) is 1.56. The number of nitrogens with zero attached hydrogens (tertiary/aromatic N) is 3. The Morgan fingerprint density at radius 2 is 2.20 bits per heavy atom. The first-order chi connectivity index (χ1) is 12.3. The zero-order valence-corrected chi connectivity index (χ0v) is 13.8. The molecule has 0 bridgehead atoms. The predicted octanol–water partition coefficient (Wildman–Crippen LogP) is 1.82. The first kappa shape index (κ1) is 15.7. The highest BCUT2D eigenvalue weighted by atomic mass is 16.7. The molecule has 1 fully saturated rings. The van der Waals surface area contributed by atoms with Crippen LogP contribution in [0, 0.1) is 0 Å². The highest BCUT2D eigenvalue weighted by Crippen LogP contribution is 2.32. The number of carbonyl (C=O) groups excluding carboxylic acids is 1. The summed E-state index contributed by atoms with van der Waals surface area (Å²) in [6.07, 6.45) is 3.72. The number of amides is 1. The van der Waals surface area contributed by atoms with Crippen LogP contribution < -0.4 is 14.2 Å². The Balaban J connectivity index is 1.36. The van der Waals surface area contributed by atoms with Crippen molar-refractivity contribution in [1.82, 2.24) is 15.1 Å². The topological polar surface area (TPSA) is 73.8 Å². The summed E-state index contributed by atoms with van der Waals surface area (Å²) < 4.78 is 16.5. The van der Waals surface area contributed by atoms with E-state index < -0.39 is 0 Å². The third-order valence-corrected chi connectivity index (χ3v) is 4.36. The number of likely N-dealkylation sites (tertiary alicyclic amines) is 1. The van der Waals surface area contributed by atoms with Gasteiger partial charge in [0.2, 0.25) is 18.6 Å². The highest BCUT2D eigenvalue weighted by Gasteiger charge is 2.25. The summed E-state index contributed by atoms with van der Waals surface area (Å²) in [5.41, 5.74) is 0.922. The van der Waals surface area contributed by atoms with Gasteiger partial charge in [-0.05, 0) is 36.6 Å². The quantitative estimate of drug-likeness (QED) is 0.844. The fourth-order valence-corrected chi connectivity index (χ4v) is 3.12.